The van der Waals surface area contributed by atoms with E-state index in [9.17, 15) is 9.59 Å². The van der Waals surface area contributed by atoms with Gasteiger partial charge >= 0.3 is 0 Å². The summed E-state index contributed by atoms with van der Waals surface area (Å²) in [5.41, 5.74) is 2.13. The molecule has 4 rings (SSSR count). The van der Waals surface area contributed by atoms with Gasteiger partial charge in [-0.3, -0.25) is 14.2 Å². The predicted octanol–water partition coefficient (Wildman–Crippen LogP) is 4.59. The molecular formula is C21H17ClN4O2S. The van der Waals surface area contributed by atoms with Gasteiger partial charge in [-0.2, -0.15) is 0 Å². The number of para-hydroxylation sites is 1. The van der Waals surface area contributed by atoms with Crippen molar-refractivity contribution in [1.29, 1.82) is 0 Å². The fourth-order valence-corrected chi connectivity index (χ4v) is 3.94. The number of thiazole rings is 1. The number of hydrogen-bond donors (Lipinski definition) is 1. The Morgan fingerprint density at radius 3 is 2.79 bits per heavy atom. The fourth-order valence-electron chi connectivity index (χ4n) is 2.98. The molecule has 0 saturated carbocycles. The normalized spacial score (nSPS) is 10.9. The molecular weight excluding hydrogens is 408 g/mol. The molecule has 29 heavy (non-hydrogen) atoms. The molecule has 0 spiro atoms. The number of carbonyl (C=O) groups is 1. The lowest BCUT2D eigenvalue weighted by Gasteiger charge is -2.06. The number of hydrogen-bond acceptors (Lipinski definition) is 5. The van der Waals surface area contributed by atoms with Crippen molar-refractivity contribution in [3.63, 3.8) is 0 Å². The fraction of sp³-hybridized carbons (Fsp3) is 0.143. The molecule has 146 valence electrons. The van der Waals surface area contributed by atoms with Gasteiger partial charge in [0.05, 0.1) is 22.9 Å². The van der Waals surface area contributed by atoms with Gasteiger partial charge in [-0.1, -0.05) is 41.9 Å². The van der Waals surface area contributed by atoms with E-state index in [0.717, 1.165) is 11.3 Å². The zero-order valence-electron chi connectivity index (χ0n) is 15.3. The van der Waals surface area contributed by atoms with Crippen LogP contribution >= 0.6 is 22.9 Å². The molecule has 0 aliphatic rings. The molecule has 0 bridgehead atoms. The highest BCUT2D eigenvalue weighted by Crippen LogP contribution is 2.30. The molecule has 0 unspecified atom stereocenters. The maximum Gasteiger partial charge on any atom is 0.261 e. The molecule has 0 fully saturated rings. The zero-order valence-corrected chi connectivity index (χ0v) is 16.9. The average Bonchev–Trinajstić information content (AvgIpc) is 3.18. The van der Waals surface area contributed by atoms with E-state index >= 15 is 0 Å². The summed E-state index contributed by atoms with van der Waals surface area (Å²) in [5.74, 6) is -0.146. The molecule has 1 N–H and O–H groups in total. The second-order valence-corrected chi connectivity index (χ2v) is 7.70. The Balaban J connectivity index is 1.35. The summed E-state index contributed by atoms with van der Waals surface area (Å²) in [4.78, 5) is 33.4. The van der Waals surface area contributed by atoms with E-state index in [-0.39, 0.29) is 17.9 Å². The third-order valence-corrected chi connectivity index (χ3v) is 5.52. The van der Waals surface area contributed by atoms with Crippen LogP contribution in [0.25, 0.3) is 22.2 Å². The first-order valence-electron chi connectivity index (χ1n) is 9.06. The van der Waals surface area contributed by atoms with Crippen molar-refractivity contribution in [3.05, 3.63) is 75.6 Å². The van der Waals surface area contributed by atoms with Crippen LogP contribution in [0, 0.1) is 0 Å². The van der Waals surface area contributed by atoms with Crippen LogP contribution < -0.4 is 10.9 Å². The molecule has 2 heterocycles. The third-order valence-electron chi connectivity index (χ3n) is 4.43. The van der Waals surface area contributed by atoms with Crippen LogP contribution in [0.5, 0.6) is 0 Å². The van der Waals surface area contributed by atoms with Crippen LogP contribution in [0.2, 0.25) is 5.02 Å². The van der Waals surface area contributed by atoms with Crippen molar-refractivity contribution < 1.29 is 4.79 Å². The minimum absolute atomic E-state index is 0.0969. The smallest absolute Gasteiger partial charge is 0.261 e. The Labute approximate surface area is 175 Å². The van der Waals surface area contributed by atoms with Crippen molar-refractivity contribution in [3.8, 4) is 11.3 Å². The first kappa shape index (κ1) is 19.3. The SMILES string of the molecule is O=C(CCCn1cnc2ccccc2c1=O)Nc1nc(-c2ccccc2Cl)cs1. The molecule has 0 saturated heterocycles. The van der Waals surface area contributed by atoms with E-state index in [2.05, 4.69) is 15.3 Å². The molecule has 0 aliphatic heterocycles. The van der Waals surface area contributed by atoms with Gasteiger partial charge in [0, 0.05) is 28.9 Å². The van der Waals surface area contributed by atoms with E-state index in [1.807, 2.05) is 35.7 Å². The molecule has 4 aromatic rings. The summed E-state index contributed by atoms with van der Waals surface area (Å²) in [7, 11) is 0. The first-order valence-corrected chi connectivity index (χ1v) is 10.3. The second kappa shape index (κ2) is 8.55. The van der Waals surface area contributed by atoms with E-state index in [0.29, 0.717) is 34.0 Å². The van der Waals surface area contributed by atoms with Gasteiger partial charge in [-0.15, -0.1) is 11.3 Å². The van der Waals surface area contributed by atoms with Crippen molar-refractivity contribution >= 4 is 44.9 Å². The molecule has 2 aromatic heterocycles. The highest BCUT2D eigenvalue weighted by Gasteiger charge is 2.10. The topological polar surface area (TPSA) is 76.9 Å². The van der Waals surface area contributed by atoms with Crippen LogP contribution in [0.3, 0.4) is 0 Å². The number of anilines is 1. The minimum atomic E-state index is -0.146. The lowest BCUT2D eigenvalue weighted by Crippen LogP contribution is -2.21. The van der Waals surface area contributed by atoms with Gasteiger partial charge in [0.2, 0.25) is 5.91 Å². The van der Waals surface area contributed by atoms with Crippen molar-refractivity contribution in [2.24, 2.45) is 0 Å². The number of carbonyl (C=O) groups excluding carboxylic acids is 1. The van der Waals surface area contributed by atoms with E-state index in [1.165, 1.54) is 22.2 Å². The van der Waals surface area contributed by atoms with Gasteiger partial charge in [0.15, 0.2) is 5.13 Å². The van der Waals surface area contributed by atoms with Gasteiger partial charge < -0.3 is 5.32 Å². The van der Waals surface area contributed by atoms with Crippen molar-refractivity contribution in [1.82, 2.24) is 14.5 Å². The van der Waals surface area contributed by atoms with Gasteiger partial charge in [-0.25, -0.2) is 9.97 Å². The lowest BCUT2D eigenvalue weighted by atomic mass is 10.2. The number of aryl methyl sites for hydroxylation is 1. The molecule has 0 aliphatic carbocycles. The summed E-state index contributed by atoms with van der Waals surface area (Å²) in [6.07, 6.45) is 2.33. The van der Waals surface area contributed by atoms with Gasteiger partial charge in [0.1, 0.15) is 0 Å². The maximum atomic E-state index is 12.5. The molecule has 6 nitrogen and oxygen atoms in total. The van der Waals surface area contributed by atoms with Crippen LogP contribution in [0.15, 0.2) is 65.0 Å². The summed E-state index contributed by atoms with van der Waals surface area (Å²) < 4.78 is 1.54. The van der Waals surface area contributed by atoms with Gasteiger partial charge in [0.25, 0.3) is 5.56 Å². The molecule has 8 heteroatoms. The number of halogens is 1. The van der Waals surface area contributed by atoms with Crippen LogP contribution in [-0.4, -0.2) is 20.4 Å². The maximum absolute atomic E-state index is 12.5. The van der Waals surface area contributed by atoms with Crippen molar-refractivity contribution in [2.45, 2.75) is 19.4 Å². The summed E-state index contributed by atoms with van der Waals surface area (Å²) in [5, 5.41) is 6.38. The quantitative estimate of drug-likeness (QED) is 0.491. The number of nitrogens with one attached hydrogen (secondary N) is 1. The summed E-state index contributed by atoms with van der Waals surface area (Å²) in [6.45, 7) is 0.423. The second-order valence-electron chi connectivity index (χ2n) is 6.43. The number of benzene rings is 2. The third kappa shape index (κ3) is 4.36. The summed E-state index contributed by atoms with van der Waals surface area (Å²) >= 11 is 7.54. The van der Waals surface area contributed by atoms with Gasteiger partial charge in [-0.05, 0) is 24.6 Å². The lowest BCUT2D eigenvalue weighted by molar-refractivity contribution is -0.116. The number of nitrogens with zero attached hydrogens (tertiary/aromatic N) is 3. The van der Waals surface area contributed by atoms with E-state index in [4.69, 9.17) is 11.6 Å². The Hall–Kier alpha value is -3.03. The number of fused-ring (bicyclic) bond motifs is 1. The Kier molecular flexibility index (Phi) is 5.69. The van der Waals surface area contributed by atoms with E-state index < -0.39 is 0 Å². The Bertz CT molecular complexity index is 1230. The van der Waals surface area contributed by atoms with E-state index in [1.54, 1.807) is 18.2 Å². The first-order chi connectivity index (χ1) is 14.1. The average molecular weight is 425 g/mol. The van der Waals surface area contributed by atoms with Crippen LogP contribution in [-0.2, 0) is 11.3 Å². The standard InChI is InChI=1S/C21H17ClN4O2S/c22-16-8-3-1-6-14(16)18-12-29-21(24-18)25-19(27)10-5-11-26-13-23-17-9-4-2-7-15(17)20(26)28/h1-4,6-9,12-13H,5,10-11H2,(H,24,25,27). The highest BCUT2D eigenvalue weighted by atomic mass is 35.5. The van der Waals surface area contributed by atoms with Crippen LogP contribution in [0.4, 0.5) is 5.13 Å². The minimum Gasteiger partial charge on any atom is -0.302 e. The Morgan fingerprint density at radius 2 is 1.93 bits per heavy atom. The number of aromatic nitrogens is 3. The predicted molar refractivity (Wildman–Crippen MR) is 116 cm³/mol. The summed E-state index contributed by atoms with van der Waals surface area (Å²) in [6, 6.07) is 14.7. The molecule has 0 atom stereocenters. The largest absolute Gasteiger partial charge is 0.302 e. The van der Waals surface area contributed by atoms with Crippen LogP contribution in [0.1, 0.15) is 12.8 Å². The molecule has 2 aromatic carbocycles. The number of amides is 1. The highest BCUT2D eigenvalue weighted by molar-refractivity contribution is 7.14. The molecule has 0 radical (unpaired) electrons. The Morgan fingerprint density at radius 1 is 1.14 bits per heavy atom. The zero-order chi connectivity index (χ0) is 20.2. The van der Waals surface area contributed by atoms with Crippen molar-refractivity contribution in [2.75, 3.05) is 5.32 Å². The number of rotatable bonds is 6. The molecule has 1 amide bonds. The monoisotopic (exact) mass is 424 g/mol.